The summed E-state index contributed by atoms with van der Waals surface area (Å²) >= 11 is 5.87. The van der Waals surface area contributed by atoms with Gasteiger partial charge in [-0.15, -0.1) is 0 Å². The molecule has 2 aromatic rings. The van der Waals surface area contributed by atoms with Crippen LogP contribution in [0.2, 0.25) is 5.02 Å². The van der Waals surface area contributed by atoms with E-state index in [2.05, 4.69) is 18.2 Å². The Labute approximate surface area is 118 Å². The summed E-state index contributed by atoms with van der Waals surface area (Å²) in [4.78, 5) is 0. The maximum Gasteiger partial charge on any atom is 0.119 e. The van der Waals surface area contributed by atoms with Crippen LogP contribution in [-0.2, 0) is 6.42 Å². The van der Waals surface area contributed by atoms with E-state index < -0.39 is 0 Å². The number of fused-ring (bicyclic) bond motifs is 1. The van der Waals surface area contributed by atoms with Crippen molar-refractivity contribution in [1.82, 2.24) is 0 Å². The smallest absolute Gasteiger partial charge is 0.119 e. The predicted molar refractivity (Wildman–Crippen MR) is 77.6 cm³/mol. The highest BCUT2D eigenvalue weighted by molar-refractivity contribution is 6.30. The Hall–Kier alpha value is -1.51. The van der Waals surface area contributed by atoms with Crippen molar-refractivity contribution < 1.29 is 4.74 Å². The Kier molecular flexibility index (Phi) is 3.45. The molecule has 0 aromatic heterocycles. The van der Waals surface area contributed by atoms with Gasteiger partial charge in [-0.3, -0.25) is 0 Å². The average Bonchev–Trinajstić information content (AvgIpc) is 2.45. The minimum atomic E-state index is -0.0689. The van der Waals surface area contributed by atoms with Crippen LogP contribution in [0.15, 0.2) is 48.5 Å². The first-order valence-electron chi connectivity index (χ1n) is 6.49. The second-order valence-electron chi connectivity index (χ2n) is 4.87. The van der Waals surface area contributed by atoms with Crippen LogP contribution < -0.4 is 10.5 Å². The van der Waals surface area contributed by atoms with Crippen LogP contribution in [0.5, 0.6) is 5.75 Å². The van der Waals surface area contributed by atoms with E-state index in [9.17, 15) is 0 Å². The van der Waals surface area contributed by atoms with Gasteiger partial charge in [-0.25, -0.2) is 0 Å². The molecule has 0 radical (unpaired) electrons. The van der Waals surface area contributed by atoms with Crippen molar-refractivity contribution in [3.05, 3.63) is 64.7 Å². The molecule has 0 fully saturated rings. The SMILES string of the molecule is NC1c2ccccc2CCC1Oc1ccc(Cl)cc1. The van der Waals surface area contributed by atoms with E-state index in [1.165, 1.54) is 11.1 Å². The van der Waals surface area contributed by atoms with Crippen molar-refractivity contribution in [2.75, 3.05) is 0 Å². The molecule has 1 aliphatic rings. The topological polar surface area (TPSA) is 35.2 Å². The maximum atomic E-state index is 6.32. The van der Waals surface area contributed by atoms with Crippen LogP contribution in [-0.4, -0.2) is 6.10 Å². The van der Waals surface area contributed by atoms with E-state index in [1.807, 2.05) is 30.3 Å². The van der Waals surface area contributed by atoms with Gasteiger partial charge in [-0.2, -0.15) is 0 Å². The molecule has 2 aromatic carbocycles. The van der Waals surface area contributed by atoms with Crippen LogP contribution in [0.3, 0.4) is 0 Å². The Morgan fingerprint density at radius 1 is 1.05 bits per heavy atom. The third-order valence-electron chi connectivity index (χ3n) is 3.61. The number of aryl methyl sites for hydroxylation is 1. The summed E-state index contributed by atoms with van der Waals surface area (Å²) in [5, 5.41) is 0.714. The zero-order chi connectivity index (χ0) is 13.2. The number of hydrogen-bond donors (Lipinski definition) is 1. The molecule has 0 heterocycles. The van der Waals surface area contributed by atoms with Crippen molar-refractivity contribution in [3.8, 4) is 5.75 Å². The minimum Gasteiger partial charge on any atom is -0.488 e. The Bertz CT molecular complexity index is 567. The molecule has 19 heavy (non-hydrogen) atoms. The molecule has 2 nitrogen and oxygen atoms in total. The zero-order valence-electron chi connectivity index (χ0n) is 10.6. The summed E-state index contributed by atoms with van der Waals surface area (Å²) in [7, 11) is 0. The van der Waals surface area contributed by atoms with Crippen LogP contribution in [0.1, 0.15) is 23.6 Å². The molecule has 0 spiro atoms. The number of nitrogens with two attached hydrogens (primary N) is 1. The first kappa shape index (κ1) is 12.5. The molecule has 2 unspecified atom stereocenters. The summed E-state index contributed by atoms with van der Waals surface area (Å²) < 4.78 is 6.00. The van der Waals surface area contributed by atoms with E-state index in [0.29, 0.717) is 5.02 Å². The molecule has 3 rings (SSSR count). The van der Waals surface area contributed by atoms with E-state index >= 15 is 0 Å². The molecular formula is C16H16ClNO. The number of halogens is 1. The molecule has 0 bridgehead atoms. The standard InChI is InChI=1S/C16H16ClNO/c17-12-6-8-13(9-7-12)19-15-10-5-11-3-1-2-4-14(11)16(15)18/h1-4,6-9,15-16H,5,10,18H2. The molecular weight excluding hydrogens is 258 g/mol. The number of benzene rings is 2. The third kappa shape index (κ3) is 2.60. The molecule has 3 heteroatoms. The van der Waals surface area contributed by atoms with Crippen molar-refractivity contribution in [3.63, 3.8) is 0 Å². The molecule has 2 N–H and O–H groups in total. The van der Waals surface area contributed by atoms with Gasteiger partial charge in [0.2, 0.25) is 0 Å². The van der Waals surface area contributed by atoms with Crippen LogP contribution in [0.25, 0.3) is 0 Å². The fraction of sp³-hybridized carbons (Fsp3) is 0.250. The largest absolute Gasteiger partial charge is 0.488 e. The lowest BCUT2D eigenvalue weighted by molar-refractivity contribution is 0.153. The summed E-state index contributed by atoms with van der Waals surface area (Å²) in [6.07, 6.45) is 1.99. The Morgan fingerprint density at radius 2 is 1.79 bits per heavy atom. The van der Waals surface area contributed by atoms with Gasteiger partial charge in [0.25, 0.3) is 0 Å². The first-order chi connectivity index (χ1) is 9.24. The second-order valence-corrected chi connectivity index (χ2v) is 5.31. The maximum absolute atomic E-state index is 6.32. The Morgan fingerprint density at radius 3 is 2.58 bits per heavy atom. The first-order valence-corrected chi connectivity index (χ1v) is 6.87. The lowest BCUT2D eigenvalue weighted by atomic mass is 9.86. The number of hydrogen-bond acceptors (Lipinski definition) is 2. The van der Waals surface area contributed by atoms with Gasteiger partial charge >= 0.3 is 0 Å². The minimum absolute atomic E-state index is 0.0241. The molecule has 0 amide bonds. The summed E-state index contributed by atoms with van der Waals surface area (Å²) in [5.41, 5.74) is 8.86. The average molecular weight is 274 g/mol. The fourth-order valence-electron chi connectivity index (χ4n) is 2.58. The Balaban J connectivity index is 1.79. The number of ether oxygens (including phenoxy) is 1. The lowest BCUT2D eigenvalue weighted by Crippen LogP contribution is -2.35. The highest BCUT2D eigenvalue weighted by atomic mass is 35.5. The molecule has 0 saturated carbocycles. The summed E-state index contributed by atoms with van der Waals surface area (Å²) in [6, 6.07) is 15.7. The van der Waals surface area contributed by atoms with E-state index in [1.54, 1.807) is 0 Å². The van der Waals surface area contributed by atoms with Gasteiger partial charge < -0.3 is 10.5 Å². The van der Waals surface area contributed by atoms with Gasteiger partial charge in [-0.1, -0.05) is 35.9 Å². The molecule has 1 aliphatic carbocycles. The number of rotatable bonds is 2. The van der Waals surface area contributed by atoms with Gasteiger partial charge in [0, 0.05) is 5.02 Å². The van der Waals surface area contributed by atoms with Gasteiger partial charge in [0.15, 0.2) is 0 Å². The van der Waals surface area contributed by atoms with Gasteiger partial charge in [-0.05, 0) is 48.2 Å². The highest BCUT2D eigenvalue weighted by Crippen LogP contribution is 2.31. The monoisotopic (exact) mass is 273 g/mol. The van der Waals surface area contributed by atoms with Crippen molar-refractivity contribution in [2.24, 2.45) is 5.73 Å². The summed E-state index contributed by atoms with van der Waals surface area (Å²) in [6.45, 7) is 0. The molecule has 0 saturated heterocycles. The highest BCUT2D eigenvalue weighted by Gasteiger charge is 2.27. The third-order valence-corrected chi connectivity index (χ3v) is 3.87. The van der Waals surface area contributed by atoms with Gasteiger partial charge in [0.05, 0.1) is 6.04 Å². The van der Waals surface area contributed by atoms with E-state index in [0.717, 1.165) is 18.6 Å². The normalized spacial score (nSPS) is 21.8. The molecule has 0 aliphatic heterocycles. The van der Waals surface area contributed by atoms with E-state index in [4.69, 9.17) is 22.1 Å². The predicted octanol–water partition coefficient (Wildman–Crippen LogP) is 3.73. The quantitative estimate of drug-likeness (QED) is 0.905. The summed E-state index contributed by atoms with van der Waals surface area (Å²) in [5.74, 6) is 0.823. The van der Waals surface area contributed by atoms with Crippen LogP contribution in [0.4, 0.5) is 0 Å². The van der Waals surface area contributed by atoms with Crippen molar-refractivity contribution in [1.29, 1.82) is 0 Å². The second kappa shape index (κ2) is 5.24. The van der Waals surface area contributed by atoms with Crippen LogP contribution >= 0.6 is 11.6 Å². The fourth-order valence-corrected chi connectivity index (χ4v) is 2.71. The molecule has 98 valence electrons. The lowest BCUT2D eigenvalue weighted by Gasteiger charge is -2.31. The van der Waals surface area contributed by atoms with E-state index in [-0.39, 0.29) is 12.1 Å². The zero-order valence-corrected chi connectivity index (χ0v) is 11.3. The van der Waals surface area contributed by atoms with Crippen molar-refractivity contribution >= 4 is 11.6 Å². The molecule has 2 atom stereocenters. The van der Waals surface area contributed by atoms with Crippen LogP contribution in [0, 0.1) is 0 Å². The van der Waals surface area contributed by atoms with Crippen molar-refractivity contribution in [2.45, 2.75) is 25.0 Å². The van der Waals surface area contributed by atoms with Gasteiger partial charge in [0.1, 0.15) is 11.9 Å².